The molecule has 0 saturated carbocycles. The zero-order valence-electron chi connectivity index (χ0n) is 19.6. The molecule has 1 aromatic heterocycles. The summed E-state index contributed by atoms with van der Waals surface area (Å²) in [5, 5.41) is 13.5. The molecule has 0 radical (unpaired) electrons. The summed E-state index contributed by atoms with van der Waals surface area (Å²) in [6.45, 7) is -0.243. The van der Waals surface area contributed by atoms with Gasteiger partial charge in [0.25, 0.3) is 5.91 Å². The van der Waals surface area contributed by atoms with Crippen LogP contribution in [0.2, 0.25) is 10.0 Å². The van der Waals surface area contributed by atoms with Crippen molar-refractivity contribution in [1.82, 2.24) is 20.1 Å². The van der Waals surface area contributed by atoms with Gasteiger partial charge in [0.1, 0.15) is 5.82 Å². The Bertz CT molecular complexity index is 1530. The highest BCUT2D eigenvalue weighted by atomic mass is 35.5. The normalized spacial score (nSPS) is 11.3. The third-order valence-electron chi connectivity index (χ3n) is 5.19. The number of halogens is 6. The number of carbonyl (C=O) groups excluding carboxylic acids is 2. The van der Waals surface area contributed by atoms with Gasteiger partial charge in [0.05, 0.1) is 39.8 Å². The largest absolute Gasteiger partial charge is 0.416 e. The van der Waals surface area contributed by atoms with Crippen molar-refractivity contribution >= 4 is 52.5 Å². The number of nitrogens with zero attached hydrogens (tertiary/aromatic N) is 3. The predicted molar refractivity (Wildman–Crippen MR) is 140 cm³/mol. The van der Waals surface area contributed by atoms with E-state index in [0.29, 0.717) is 0 Å². The third-order valence-corrected chi connectivity index (χ3v) is 6.69. The first-order valence-electron chi connectivity index (χ1n) is 11.1. The summed E-state index contributed by atoms with van der Waals surface area (Å²) in [6.07, 6.45) is -4.62. The molecule has 14 heteroatoms. The molecule has 0 aliphatic carbocycles. The van der Waals surface area contributed by atoms with Gasteiger partial charge in [0.2, 0.25) is 5.91 Å². The van der Waals surface area contributed by atoms with Gasteiger partial charge in [-0.2, -0.15) is 13.2 Å². The number of aromatic nitrogens is 3. The number of alkyl halides is 3. The number of rotatable bonds is 8. The summed E-state index contributed by atoms with van der Waals surface area (Å²) in [6, 6.07) is 14.3. The van der Waals surface area contributed by atoms with Crippen molar-refractivity contribution in [3.63, 3.8) is 0 Å². The van der Waals surface area contributed by atoms with Crippen LogP contribution in [0.3, 0.4) is 0 Å². The summed E-state index contributed by atoms with van der Waals surface area (Å²) in [7, 11) is 0. The first-order chi connectivity index (χ1) is 18.5. The van der Waals surface area contributed by atoms with E-state index in [1.807, 2.05) is 0 Å². The fourth-order valence-corrected chi connectivity index (χ4v) is 4.54. The molecular weight excluding hydrogens is 581 g/mol. The van der Waals surface area contributed by atoms with E-state index < -0.39 is 29.4 Å². The van der Waals surface area contributed by atoms with Gasteiger partial charge in [-0.25, -0.2) is 4.39 Å². The Morgan fingerprint density at radius 2 is 1.74 bits per heavy atom. The van der Waals surface area contributed by atoms with Crippen LogP contribution >= 0.6 is 35.0 Å². The number of anilines is 1. The van der Waals surface area contributed by atoms with E-state index >= 15 is 0 Å². The van der Waals surface area contributed by atoms with Gasteiger partial charge in [0, 0.05) is 5.02 Å². The van der Waals surface area contributed by atoms with Crippen LogP contribution in [-0.2, 0) is 17.5 Å². The van der Waals surface area contributed by atoms with E-state index in [9.17, 15) is 27.2 Å². The van der Waals surface area contributed by atoms with E-state index in [4.69, 9.17) is 23.2 Å². The van der Waals surface area contributed by atoms with Gasteiger partial charge in [-0.05, 0) is 48.5 Å². The Kier molecular flexibility index (Phi) is 8.78. The van der Waals surface area contributed by atoms with E-state index in [1.165, 1.54) is 53.1 Å². The van der Waals surface area contributed by atoms with Gasteiger partial charge in [-0.15, -0.1) is 10.2 Å². The zero-order valence-corrected chi connectivity index (χ0v) is 21.9. The Hall–Kier alpha value is -3.61. The summed E-state index contributed by atoms with van der Waals surface area (Å²) in [4.78, 5) is 25.1. The molecule has 0 saturated heterocycles. The van der Waals surface area contributed by atoms with Crippen LogP contribution in [0.5, 0.6) is 0 Å². The van der Waals surface area contributed by atoms with Crippen molar-refractivity contribution in [3.05, 3.63) is 99.5 Å². The molecule has 0 atom stereocenters. The number of nitrogens with one attached hydrogen (secondary N) is 2. The molecule has 0 unspecified atom stereocenters. The van der Waals surface area contributed by atoms with Crippen LogP contribution < -0.4 is 10.6 Å². The number of para-hydroxylation sites is 1. The van der Waals surface area contributed by atoms with Gasteiger partial charge in [-0.3, -0.25) is 14.2 Å². The van der Waals surface area contributed by atoms with E-state index in [1.54, 1.807) is 6.07 Å². The monoisotopic (exact) mass is 597 g/mol. The van der Waals surface area contributed by atoms with Gasteiger partial charge < -0.3 is 10.6 Å². The summed E-state index contributed by atoms with van der Waals surface area (Å²) in [5.41, 5.74) is -0.793. The Labute approximate surface area is 233 Å². The molecule has 202 valence electrons. The predicted octanol–water partition coefficient (Wildman–Crippen LogP) is 6.39. The topological polar surface area (TPSA) is 88.9 Å². The van der Waals surface area contributed by atoms with E-state index in [-0.39, 0.29) is 50.3 Å². The molecular formula is C25H17Cl2F4N5O2S. The maximum Gasteiger partial charge on any atom is 0.416 e. The number of thioether (sulfide) groups is 1. The highest BCUT2D eigenvalue weighted by molar-refractivity contribution is 7.99. The lowest BCUT2D eigenvalue weighted by molar-refractivity contribution is -0.137. The van der Waals surface area contributed by atoms with Crippen molar-refractivity contribution in [2.24, 2.45) is 0 Å². The van der Waals surface area contributed by atoms with Crippen molar-refractivity contribution in [1.29, 1.82) is 0 Å². The molecule has 3 aromatic carbocycles. The lowest BCUT2D eigenvalue weighted by Crippen LogP contribution is -2.25. The fourth-order valence-electron chi connectivity index (χ4n) is 3.39. The van der Waals surface area contributed by atoms with Crippen LogP contribution in [0.15, 0.2) is 71.9 Å². The summed E-state index contributed by atoms with van der Waals surface area (Å²) in [5.74, 6) is -1.97. The molecule has 4 aromatic rings. The molecule has 0 aliphatic rings. The van der Waals surface area contributed by atoms with Gasteiger partial charge in [-0.1, -0.05) is 53.2 Å². The van der Waals surface area contributed by atoms with Crippen LogP contribution in [0.25, 0.3) is 5.69 Å². The molecule has 0 spiro atoms. The lowest BCUT2D eigenvalue weighted by atomic mass is 10.2. The summed E-state index contributed by atoms with van der Waals surface area (Å²) < 4.78 is 55.4. The molecule has 4 rings (SSSR count). The van der Waals surface area contributed by atoms with E-state index in [2.05, 4.69) is 20.8 Å². The quantitative estimate of drug-likeness (QED) is 0.181. The highest BCUT2D eigenvalue weighted by Gasteiger charge is 2.31. The van der Waals surface area contributed by atoms with Crippen molar-refractivity contribution in [2.45, 2.75) is 17.9 Å². The molecule has 0 fully saturated rings. The second-order valence-corrected chi connectivity index (χ2v) is 9.69. The third kappa shape index (κ3) is 7.08. The molecule has 0 bridgehead atoms. The second-order valence-electron chi connectivity index (χ2n) is 7.91. The molecule has 7 nitrogen and oxygen atoms in total. The van der Waals surface area contributed by atoms with Gasteiger partial charge in [0.15, 0.2) is 11.0 Å². The number of benzene rings is 3. The Morgan fingerprint density at radius 1 is 0.974 bits per heavy atom. The Morgan fingerprint density at radius 3 is 2.49 bits per heavy atom. The maximum absolute atomic E-state index is 13.9. The lowest BCUT2D eigenvalue weighted by Gasteiger charge is -2.14. The number of amides is 2. The average Bonchev–Trinajstić information content (AvgIpc) is 3.31. The van der Waals surface area contributed by atoms with Crippen LogP contribution in [0.1, 0.15) is 21.7 Å². The SMILES string of the molecule is O=C(CSc1nnc(CNC(=O)c2cc(Cl)ccc2Cl)n1-c1cccc(C(F)(F)F)c1)Nc1ccccc1F. The minimum atomic E-state index is -4.62. The Balaban J connectivity index is 1.59. The smallest absolute Gasteiger partial charge is 0.345 e. The molecule has 2 amide bonds. The summed E-state index contributed by atoms with van der Waals surface area (Å²) >= 11 is 12.9. The molecule has 2 N–H and O–H groups in total. The zero-order chi connectivity index (χ0) is 28.2. The number of hydrogen-bond donors (Lipinski definition) is 2. The molecule has 0 aliphatic heterocycles. The number of hydrogen-bond acceptors (Lipinski definition) is 5. The first kappa shape index (κ1) is 28.4. The highest BCUT2D eigenvalue weighted by Crippen LogP contribution is 2.32. The van der Waals surface area contributed by atoms with Crippen LogP contribution in [0, 0.1) is 5.82 Å². The minimum absolute atomic E-state index is 0.0227. The standard InChI is InChI=1S/C25H17Cl2F4N5O2S/c26-15-8-9-18(27)17(11-15)23(38)32-12-21-34-35-24(36(21)16-5-3-4-14(10-16)25(29,30)31)39-13-22(37)33-20-7-2-1-6-19(20)28/h1-11H,12-13H2,(H,32,38)(H,33,37). The average molecular weight is 598 g/mol. The van der Waals surface area contributed by atoms with Gasteiger partial charge >= 0.3 is 6.18 Å². The van der Waals surface area contributed by atoms with Crippen LogP contribution in [0.4, 0.5) is 23.2 Å². The maximum atomic E-state index is 13.9. The number of carbonyl (C=O) groups is 2. The fraction of sp³-hybridized carbons (Fsp3) is 0.120. The van der Waals surface area contributed by atoms with Crippen molar-refractivity contribution in [3.8, 4) is 5.69 Å². The molecule has 39 heavy (non-hydrogen) atoms. The van der Waals surface area contributed by atoms with E-state index in [0.717, 1.165) is 23.9 Å². The molecule has 1 heterocycles. The second kappa shape index (κ2) is 12.1. The first-order valence-corrected chi connectivity index (χ1v) is 12.8. The van der Waals surface area contributed by atoms with Crippen molar-refractivity contribution < 1.29 is 27.2 Å². The minimum Gasteiger partial charge on any atom is -0.345 e. The van der Waals surface area contributed by atoms with Crippen molar-refractivity contribution in [2.75, 3.05) is 11.1 Å². The van der Waals surface area contributed by atoms with Crippen LogP contribution in [-0.4, -0.2) is 32.3 Å².